The normalized spacial score (nSPS) is 14.2. The molecule has 0 aliphatic carbocycles. The van der Waals surface area contributed by atoms with E-state index in [0.717, 1.165) is 5.56 Å². The Morgan fingerprint density at radius 1 is 1.00 bits per heavy atom. The molecule has 1 aliphatic rings. The smallest absolute Gasteiger partial charge is 0.271 e. The quantitative estimate of drug-likeness (QED) is 0.276. The maximum Gasteiger partial charge on any atom is 0.271 e. The van der Waals surface area contributed by atoms with Crippen molar-refractivity contribution >= 4 is 39.9 Å². The number of rotatable bonds is 4. The molecule has 0 aromatic heterocycles. The highest BCUT2D eigenvalue weighted by Crippen LogP contribution is 2.38. The van der Waals surface area contributed by atoms with Crippen LogP contribution in [0.5, 0.6) is 0 Å². The summed E-state index contributed by atoms with van der Waals surface area (Å²) < 4.78 is 0. The molecular formula is C21H16N4O3. The van der Waals surface area contributed by atoms with Crippen LogP contribution >= 0.6 is 0 Å². The molecule has 0 saturated heterocycles. The topological polar surface area (TPSA) is 110 Å². The number of nitrogens with one attached hydrogen (secondary N) is 2. The number of nitro groups is 1. The zero-order valence-electron chi connectivity index (χ0n) is 14.7. The molecular weight excluding hydrogens is 356 g/mol. The highest BCUT2D eigenvalue weighted by atomic mass is 16.6. The first-order chi connectivity index (χ1) is 13.5. The van der Waals surface area contributed by atoms with Crippen molar-refractivity contribution in [2.24, 2.45) is 0 Å². The van der Waals surface area contributed by atoms with Gasteiger partial charge in [-0.3, -0.25) is 14.9 Å². The van der Waals surface area contributed by atoms with Crippen LogP contribution in [0.4, 0.5) is 22.7 Å². The first-order valence-corrected chi connectivity index (χ1v) is 8.55. The second-order valence-electron chi connectivity index (χ2n) is 6.31. The fourth-order valence-corrected chi connectivity index (χ4v) is 3.16. The largest absolute Gasteiger partial charge is 0.399 e. The van der Waals surface area contributed by atoms with Gasteiger partial charge in [0.15, 0.2) is 0 Å². The predicted octanol–water partition coefficient (Wildman–Crippen LogP) is 4.11. The number of non-ortho nitro benzene ring substituents is 1. The third kappa shape index (κ3) is 3.16. The summed E-state index contributed by atoms with van der Waals surface area (Å²) in [6, 6.07) is 20.7. The van der Waals surface area contributed by atoms with Gasteiger partial charge in [0.1, 0.15) is 0 Å². The minimum Gasteiger partial charge on any atom is -0.399 e. The van der Waals surface area contributed by atoms with Gasteiger partial charge in [0.25, 0.3) is 11.6 Å². The zero-order valence-corrected chi connectivity index (χ0v) is 14.7. The number of nitrogens with zero attached hydrogens (tertiary/aromatic N) is 1. The number of carbonyl (C=O) groups excluding carboxylic acids is 1. The molecule has 0 atom stereocenters. The summed E-state index contributed by atoms with van der Waals surface area (Å²) in [6.45, 7) is 0. The summed E-state index contributed by atoms with van der Waals surface area (Å²) in [4.78, 5) is 23.4. The van der Waals surface area contributed by atoms with Crippen molar-refractivity contribution in [3.8, 4) is 0 Å². The summed E-state index contributed by atoms with van der Waals surface area (Å²) in [5, 5.41) is 17.1. The fourth-order valence-electron chi connectivity index (χ4n) is 3.16. The third-order valence-corrected chi connectivity index (χ3v) is 4.43. The van der Waals surface area contributed by atoms with Crippen LogP contribution in [0.2, 0.25) is 0 Å². The molecule has 3 aromatic rings. The molecule has 0 fully saturated rings. The summed E-state index contributed by atoms with van der Waals surface area (Å²) in [7, 11) is 0. The van der Waals surface area contributed by atoms with Gasteiger partial charge in [-0.2, -0.15) is 0 Å². The van der Waals surface area contributed by atoms with Gasteiger partial charge in [-0.25, -0.2) is 0 Å². The Morgan fingerprint density at radius 2 is 1.79 bits per heavy atom. The number of hydrogen-bond acceptors (Lipinski definition) is 5. The molecule has 0 unspecified atom stereocenters. The van der Waals surface area contributed by atoms with Crippen LogP contribution in [0.3, 0.4) is 0 Å². The van der Waals surface area contributed by atoms with E-state index in [-0.39, 0.29) is 11.6 Å². The number of carbonyl (C=O) groups is 1. The minimum absolute atomic E-state index is 0.0390. The summed E-state index contributed by atoms with van der Waals surface area (Å²) in [5.41, 5.74) is 10.0. The van der Waals surface area contributed by atoms with Crippen molar-refractivity contribution < 1.29 is 9.72 Å². The Kier molecular flexibility index (Phi) is 4.25. The molecule has 1 aliphatic heterocycles. The van der Waals surface area contributed by atoms with E-state index in [1.807, 2.05) is 30.3 Å². The summed E-state index contributed by atoms with van der Waals surface area (Å²) in [5.74, 6) is -0.266. The third-order valence-electron chi connectivity index (χ3n) is 4.43. The fraction of sp³-hybridized carbons (Fsp3) is 0. The van der Waals surface area contributed by atoms with Crippen LogP contribution in [0.25, 0.3) is 11.3 Å². The number of anilines is 3. The average molecular weight is 372 g/mol. The first-order valence-electron chi connectivity index (χ1n) is 8.55. The maximum atomic E-state index is 12.8. The molecule has 3 aromatic carbocycles. The summed E-state index contributed by atoms with van der Waals surface area (Å²) in [6.07, 6.45) is 0. The Bertz CT molecular complexity index is 1120. The van der Waals surface area contributed by atoms with Crippen LogP contribution in [-0.4, -0.2) is 10.8 Å². The van der Waals surface area contributed by atoms with Gasteiger partial charge < -0.3 is 16.4 Å². The maximum absolute atomic E-state index is 12.8. The predicted molar refractivity (Wildman–Crippen MR) is 109 cm³/mol. The van der Waals surface area contributed by atoms with Crippen molar-refractivity contribution in [2.75, 3.05) is 16.4 Å². The molecule has 0 spiro atoms. The van der Waals surface area contributed by atoms with E-state index in [1.165, 1.54) is 12.1 Å². The highest BCUT2D eigenvalue weighted by molar-refractivity contribution is 6.37. The van der Waals surface area contributed by atoms with Gasteiger partial charge >= 0.3 is 0 Å². The average Bonchev–Trinajstić information content (AvgIpc) is 3.02. The molecule has 28 heavy (non-hydrogen) atoms. The lowest BCUT2D eigenvalue weighted by Gasteiger charge is -2.15. The van der Waals surface area contributed by atoms with Crippen molar-refractivity contribution in [1.29, 1.82) is 0 Å². The highest BCUT2D eigenvalue weighted by Gasteiger charge is 2.28. The molecule has 7 nitrogen and oxygen atoms in total. The minimum atomic E-state index is -0.460. The van der Waals surface area contributed by atoms with Gasteiger partial charge in [0, 0.05) is 34.8 Å². The monoisotopic (exact) mass is 372 g/mol. The van der Waals surface area contributed by atoms with E-state index < -0.39 is 4.92 Å². The van der Waals surface area contributed by atoms with Gasteiger partial charge in [0.05, 0.1) is 16.2 Å². The van der Waals surface area contributed by atoms with E-state index in [9.17, 15) is 14.9 Å². The van der Waals surface area contributed by atoms with E-state index in [2.05, 4.69) is 10.6 Å². The number of amides is 1. The van der Waals surface area contributed by atoms with Crippen molar-refractivity contribution in [3.05, 3.63) is 94.0 Å². The molecule has 138 valence electrons. The SMILES string of the molecule is Nc1ccc2c(c1)/C(=C(/Nc1cccc([N+](=O)[O-])c1)c1ccccc1)C(=O)N2. The van der Waals surface area contributed by atoms with Crippen LogP contribution in [-0.2, 0) is 4.79 Å². The van der Waals surface area contributed by atoms with Gasteiger partial charge in [-0.05, 0) is 29.8 Å². The molecule has 4 rings (SSSR count). The number of nitrogens with two attached hydrogens (primary N) is 1. The van der Waals surface area contributed by atoms with E-state index >= 15 is 0 Å². The molecule has 1 heterocycles. The molecule has 0 bridgehead atoms. The lowest BCUT2D eigenvalue weighted by atomic mass is 9.99. The van der Waals surface area contributed by atoms with Crippen molar-refractivity contribution in [1.82, 2.24) is 0 Å². The van der Waals surface area contributed by atoms with Gasteiger partial charge in [-0.15, -0.1) is 0 Å². The number of hydrogen-bond donors (Lipinski definition) is 3. The van der Waals surface area contributed by atoms with Crippen molar-refractivity contribution in [3.63, 3.8) is 0 Å². The van der Waals surface area contributed by atoms with Crippen LogP contribution in [0, 0.1) is 10.1 Å². The Morgan fingerprint density at radius 3 is 2.54 bits per heavy atom. The van der Waals surface area contributed by atoms with E-state index in [0.29, 0.717) is 33.9 Å². The number of nitrogen functional groups attached to an aromatic ring is 1. The van der Waals surface area contributed by atoms with E-state index in [1.54, 1.807) is 30.3 Å². The number of nitro benzene ring substituents is 1. The molecule has 4 N–H and O–H groups in total. The Hall–Kier alpha value is -4.13. The Balaban J connectivity index is 1.90. The second-order valence-corrected chi connectivity index (χ2v) is 6.31. The summed E-state index contributed by atoms with van der Waals surface area (Å²) >= 11 is 0. The van der Waals surface area contributed by atoms with Crippen LogP contribution in [0.1, 0.15) is 11.1 Å². The molecule has 7 heteroatoms. The van der Waals surface area contributed by atoms with Crippen LogP contribution < -0.4 is 16.4 Å². The van der Waals surface area contributed by atoms with Crippen molar-refractivity contribution in [2.45, 2.75) is 0 Å². The van der Waals surface area contributed by atoms with Gasteiger partial charge in [0.2, 0.25) is 0 Å². The zero-order chi connectivity index (χ0) is 19.7. The lowest BCUT2D eigenvalue weighted by Crippen LogP contribution is -2.10. The van der Waals surface area contributed by atoms with Gasteiger partial charge in [-0.1, -0.05) is 36.4 Å². The molecule has 0 saturated carbocycles. The van der Waals surface area contributed by atoms with Crippen LogP contribution in [0.15, 0.2) is 72.8 Å². The first kappa shape index (κ1) is 17.3. The standard InChI is InChI=1S/C21H16N4O3/c22-14-9-10-18-17(11-14)19(21(26)24-18)20(13-5-2-1-3-6-13)23-15-7-4-8-16(12-15)25(27)28/h1-12,23H,22H2,(H,24,26)/b20-19-. The molecule has 0 radical (unpaired) electrons. The second kappa shape index (κ2) is 6.88. The Labute approximate surface area is 160 Å². The number of fused-ring (bicyclic) bond motifs is 1. The number of benzene rings is 3. The molecule has 1 amide bonds. The van der Waals surface area contributed by atoms with E-state index in [4.69, 9.17) is 5.73 Å². The lowest BCUT2D eigenvalue weighted by molar-refractivity contribution is -0.384.